The Kier molecular flexibility index (Phi) is 5.28. The molecule has 1 aliphatic heterocycles. The highest BCUT2D eigenvalue weighted by Crippen LogP contribution is 2.32. The van der Waals surface area contributed by atoms with Gasteiger partial charge < -0.3 is 5.32 Å². The van der Waals surface area contributed by atoms with E-state index in [1.807, 2.05) is 18.3 Å². The summed E-state index contributed by atoms with van der Waals surface area (Å²) in [5.41, 5.74) is 2.76. The van der Waals surface area contributed by atoms with Gasteiger partial charge in [-0.05, 0) is 67.6 Å². The van der Waals surface area contributed by atoms with Gasteiger partial charge in [-0.1, -0.05) is 36.2 Å². The number of aromatic nitrogens is 1. The molecule has 140 valence electrons. The zero-order valence-corrected chi connectivity index (χ0v) is 16.2. The van der Waals surface area contributed by atoms with E-state index in [0.29, 0.717) is 16.5 Å². The van der Waals surface area contributed by atoms with E-state index in [4.69, 9.17) is 11.6 Å². The molecule has 1 N–H and O–H groups in total. The number of pyridine rings is 1. The molecule has 3 aromatic rings. The third kappa shape index (κ3) is 3.92. The molecule has 1 fully saturated rings. The first kappa shape index (κ1) is 18.2. The average molecular weight is 384 g/mol. The monoisotopic (exact) mass is 383 g/mol. The molecule has 0 bridgehead atoms. The molecule has 5 heteroatoms. The van der Waals surface area contributed by atoms with E-state index in [2.05, 4.69) is 28.2 Å². The van der Waals surface area contributed by atoms with E-state index >= 15 is 0 Å². The van der Waals surface area contributed by atoms with Gasteiger partial charge in [0, 0.05) is 23.2 Å². The van der Waals surface area contributed by atoms with Crippen molar-refractivity contribution in [3.63, 3.8) is 0 Å². The molecule has 0 atom stereocenters. The minimum absolute atomic E-state index is 0.335. The van der Waals surface area contributed by atoms with Gasteiger partial charge in [0.15, 0.2) is 0 Å². The Morgan fingerprint density at radius 1 is 1.15 bits per heavy atom. The van der Waals surface area contributed by atoms with Gasteiger partial charge in [-0.3, -0.25) is 4.90 Å². The molecule has 27 heavy (non-hydrogen) atoms. The number of halogens is 2. The van der Waals surface area contributed by atoms with Crippen molar-refractivity contribution < 1.29 is 4.39 Å². The van der Waals surface area contributed by atoms with Gasteiger partial charge >= 0.3 is 0 Å². The van der Waals surface area contributed by atoms with Crippen molar-refractivity contribution in [1.82, 2.24) is 9.88 Å². The molecule has 0 amide bonds. The molecule has 0 spiro atoms. The lowest BCUT2D eigenvalue weighted by Gasteiger charge is -2.27. The Bertz CT molecular complexity index is 967. The fourth-order valence-corrected chi connectivity index (χ4v) is 4.04. The molecule has 0 radical (unpaired) electrons. The molecule has 3 nitrogen and oxygen atoms in total. The first-order valence-electron chi connectivity index (χ1n) is 9.43. The summed E-state index contributed by atoms with van der Waals surface area (Å²) in [6, 6.07) is 10.7. The summed E-state index contributed by atoms with van der Waals surface area (Å²) in [6.07, 6.45) is 5.77. The topological polar surface area (TPSA) is 28.2 Å². The maximum atomic E-state index is 14.2. The van der Waals surface area contributed by atoms with E-state index in [9.17, 15) is 4.39 Å². The quantitative estimate of drug-likeness (QED) is 0.593. The fraction of sp³-hybridized carbons (Fsp3) is 0.318. The lowest BCUT2D eigenvalue weighted by Crippen LogP contribution is -2.29. The van der Waals surface area contributed by atoms with Crippen LogP contribution in [0.5, 0.6) is 0 Å². The van der Waals surface area contributed by atoms with Gasteiger partial charge in [0.2, 0.25) is 0 Å². The van der Waals surface area contributed by atoms with Crippen LogP contribution in [0.2, 0.25) is 5.02 Å². The van der Waals surface area contributed by atoms with Gasteiger partial charge in [0.1, 0.15) is 11.6 Å². The Morgan fingerprint density at radius 3 is 2.78 bits per heavy atom. The minimum atomic E-state index is -0.348. The SMILES string of the molecule is Cc1cccc2c(Nc3cc(Cl)ccc3F)ncc(CN3CCCCC3)c12. The van der Waals surface area contributed by atoms with Crippen molar-refractivity contribution in [1.29, 1.82) is 0 Å². The zero-order chi connectivity index (χ0) is 18.8. The van der Waals surface area contributed by atoms with Crippen molar-refractivity contribution in [3.8, 4) is 0 Å². The maximum absolute atomic E-state index is 14.2. The second-order valence-electron chi connectivity index (χ2n) is 7.22. The molecule has 0 aliphatic carbocycles. The van der Waals surface area contributed by atoms with Crippen LogP contribution in [0.3, 0.4) is 0 Å². The second-order valence-corrected chi connectivity index (χ2v) is 7.65. The van der Waals surface area contributed by atoms with Crippen LogP contribution in [-0.2, 0) is 6.54 Å². The molecule has 4 rings (SSSR count). The normalized spacial score (nSPS) is 15.2. The highest BCUT2D eigenvalue weighted by atomic mass is 35.5. The van der Waals surface area contributed by atoms with Crippen LogP contribution >= 0.6 is 11.6 Å². The van der Waals surface area contributed by atoms with Crippen molar-refractivity contribution in [2.75, 3.05) is 18.4 Å². The number of nitrogens with zero attached hydrogens (tertiary/aromatic N) is 2. The smallest absolute Gasteiger partial charge is 0.146 e. The first-order valence-corrected chi connectivity index (χ1v) is 9.81. The Labute approximate surface area is 164 Å². The van der Waals surface area contributed by atoms with E-state index in [1.54, 1.807) is 12.1 Å². The number of hydrogen-bond acceptors (Lipinski definition) is 3. The van der Waals surface area contributed by atoms with Crippen LogP contribution in [-0.4, -0.2) is 23.0 Å². The number of nitrogens with one attached hydrogen (secondary N) is 1. The molecular formula is C22H23ClFN3. The van der Waals surface area contributed by atoms with Crippen LogP contribution in [0, 0.1) is 12.7 Å². The standard InChI is InChI=1S/C22H23ClFN3/c1-15-6-5-7-18-21(15)16(14-27-10-3-2-4-11-27)13-25-22(18)26-20-12-17(23)8-9-19(20)24/h5-9,12-13H,2-4,10-11,14H2,1H3,(H,25,26). The van der Waals surface area contributed by atoms with Gasteiger partial charge in [0.25, 0.3) is 0 Å². The number of aryl methyl sites for hydroxylation is 1. The highest BCUT2D eigenvalue weighted by Gasteiger charge is 2.16. The number of benzene rings is 2. The summed E-state index contributed by atoms with van der Waals surface area (Å²) >= 11 is 6.03. The highest BCUT2D eigenvalue weighted by molar-refractivity contribution is 6.30. The van der Waals surface area contributed by atoms with Crippen LogP contribution in [0.25, 0.3) is 10.8 Å². The van der Waals surface area contributed by atoms with Gasteiger partial charge in [-0.15, -0.1) is 0 Å². The summed E-state index contributed by atoms with van der Waals surface area (Å²) in [7, 11) is 0. The molecule has 0 saturated carbocycles. The number of anilines is 2. The van der Waals surface area contributed by atoms with Gasteiger partial charge in [0.05, 0.1) is 5.69 Å². The third-order valence-corrected chi connectivity index (χ3v) is 5.46. The molecule has 1 saturated heterocycles. The number of hydrogen-bond donors (Lipinski definition) is 1. The van der Waals surface area contributed by atoms with Crippen molar-refractivity contribution in [3.05, 3.63) is 64.6 Å². The first-order chi connectivity index (χ1) is 13.1. The molecular weight excluding hydrogens is 361 g/mol. The fourth-order valence-electron chi connectivity index (χ4n) is 3.87. The van der Waals surface area contributed by atoms with E-state index in [0.717, 1.165) is 25.0 Å². The molecule has 1 aliphatic rings. The Hall–Kier alpha value is -2.17. The molecule has 2 heterocycles. The second kappa shape index (κ2) is 7.83. The van der Waals surface area contributed by atoms with Crippen LogP contribution in [0.15, 0.2) is 42.6 Å². The Morgan fingerprint density at radius 2 is 1.96 bits per heavy atom. The van der Waals surface area contributed by atoms with Crippen molar-refractivity contribution in [2.45, 2.75) is 32.7 Å². The lowest BCUT2D eigenvalue weighted by molar-refractivity contribution is 0.221. The third-order valence-electron chi connectivity index (χ3n) is 5.22. The van der Waals surface area contributed by atoms with Crippen molar-refractivity contribution >= 4 is 33.9 Å². The average Bonchev–Trinajstić information content (AvgIpc) is 2.67. The molecule has 2 aromatic carbocycles. The zero-order valence-electron chi connectivity index (χ0n) is 15.4. The van der Waals surface area contributed by atoms with Crippen LogP contribution in [0.4, 0.5) is 15.9 Å². The van der Waals surface area contributed by atoms with Crippen molar-refractivity contribution in [2.24, 2.45) is 0 Å². The largest absolute Gasteiger partial charge is 0.337 e. The number of rotatable bonds is 4. The van der Waals surface area contributed by atoms with E-state index < -0.39 is 0 Å². The minimum Gasteiger partial charge on any atom is -0.337 e. The summed E-state index contributed by atoms with van der Waals surface area (Å²) in [5, 5.41) is 5.82. The van der Waals surface area contributed by atoms with Gasteiger partial charge in [-0.2, -0.15) is 0 Å². The maximum Gasteiger partial charge on any atom is 0.146 e. The summed E-state index contributed by atoms with van der Waals surface area (Å²) in [4.78, 5) is 7.13. The number of fused-ring (bicyclic) bond motifs is 1. The van der Waals surface area contributed by atoms with E-state index in [-0.39, 0.29) is 5.82 Å². The van der Waals surface area contributed by atoms with Crippen LogP contribution in [0.1, 0.15) is 30.4 Å². The predicted molar refractivity (Wildman–Crippen MR) is 110 cm³/mol. The predicted octanol–water partition coefficient (Wildman–Crippen LogP) is 6.07. The Balaban J connectivity index is 1.73. The number of likely N-dealkylation sites (tertiary alicyclic amines) is 1. The lowest BCUT2D eigenvalue weighted by atomic mass is 10.0. The summed E-state index contributed by atoms with van der Waals surface area (Å²) in [5.74, 6) is 0.302. The van der Waals surface area contributed by atoms with Crippen LogP contribution < -0.4 is 5.32 Å². The molecule has 0 unspecified atom stereocenters. The summed E-state index contributed by atoms with van der Waals surface area (Å²) in [6.45, 7) is 5.30. The number of piperidine rings is 1. The molecule has 1 aromatic heterocycles. The van der Waals surface area contributed by atoms with E-state index in [1.165, 1.54) is 41.8 Å². The summed E-state index contributed by atoms with van der Waals surface area (Å²) < 4.78 is 14.2. The van der Waals surface area contributed by atoms with Gasteiger partial charge in [-0.25, -0.2) is 9.37 Å².